The van der Waals surface area contributed by atoms with Crippen molar-refractivity contribution in [2.75, 3.05) is 13.1 Å². The molecule has 0 amide bonds. The summed E-state index contributed by atoms with van der Waals surface area (Å²) in [5.41, 5.74) is 0. The van der Waals surface area contributed by atoms with Crippen molar-refractivity contribution in [3.8, 4) is 0 Å². The summed E-state index contributed by atoms with van der Waals surface area (Å²) in [5.74, 6) is 0. The third-order valence-corrected chi connectivity index (χ3v) is 4.38. The van der Waals surface area contributed by atoms with Crippen LogP contribution < -0.4 is 14.8 Å². The van der Waals surface area contributed by atoms with Crippen LogP contribution in [0.1, 0.15) is 46.0 Å². The number of hydrogen-bond donors (Lipinski definition) is 3. The van der Waals surface area contributed by atoms with E-state index in [1.54, 1.807) is 6.92 Å². The average molecular weight is 263 g/mol. The maximum atomic E-state index is 11.5. The van der Waals surface area contributed by atoms with Crippen molar-refractivity contribution in [2.24, 2.45) is 0 Å². The second-order valence-electron chi connectivity index (χ2n) is 4.62. The Balaban J connectivity index is 2.27. The highest BCUT2D eigenvalue weighted by atomic mass is 32.2. The van der Waals surface area contributed by atoms with Crippen molar-refractivity contribution < 1.29 is 8.42 Å². The molecule has 0 aliphatic heterocycles. The Morgan fingerprint density at radius 3 is 2.18 bits per heavy atom. The summed E-state index contributed by atoms with van der Waals surface area (Å²) in [6, 6.07) is 0.661. The van der Waals surface area contributed by atoms with Crippen LogP contribution in [0, 0.1) is 0 Å². The minimum Gasteiger partial charge on any atom is -0.314 e. The maximum Gasteiger partial charge on any atom is 0.277 e. The molecular formula is C11H25N3O2S. The van der Waals surface area contributed by atoms with E-state index in [1.165, 1.54) is 0 Å². The van der Waals surface area contributed by atoms with Gasteiger partial charge in [-0.3, -0.25) is 0 Å². The van der Waals surface area contributed by atoms with Gasteiger partial charge in [0.1, 0.15) is 0 Å². The third-order valence-electron chi connectivity index (χ3n) is 3.07. The van der Waals surface area contributed by atoms with Gasteiger partial charge in [0.15, 0.2) is 0 Å². The van der Waals surface area contributed by atoms with E-state index in [-0.39, 0.29) is 6.04 Å². The summed E-state index contributed by atoms with van der Waals surface area (Å²) in [7, 11) is -3.29. The van der Waals surface area contributed by atoms with Crippen LogP contribution in [0.3, 0.4) is 0 Å². The van der Waals surface area contributed by atoms with E-state index in [9.17, 15) is 8.42 Å². The monoisotopic (exact) mass is 263 g/mol. The lowest BCUT2D eigenvalue weighted by atomic mass is 9.92. The molecule has 0 spiro atoms. The Morgan fingerprint density at radius 2 is 1.65 bits per heavy atom. The van der Waals surface area contributed by atoms with Gasteiger partial charge in [-0.25, -0.2) is 4.72 Å². The van der Waals surface area contributed by atoms with Gasteiger partial charge in [0.05, 0.1) is 0 Å². The molecular weight excluding hydrogens is 238 g/mol. The van der Waals surface area contributed by atoms with Crippen LogP contribution in [0.5, 0.6) is 0 Å². The lowest BCUT2D eigenvalue weighted by Crippen LogP contribution is -2.46. The van der Waals surface area contributed by atoms with Crippen molar-refractivity contribution in [1.82, 2.24) is 14.8 Å². The fraction of sp³-hybridized carbons (Fsp3) is 1.00. The minimum atomic E-state index is -3.29. The molecule has 6 heteroatoms. The predicted molar refractivity (Wildman–Crippen MR) is 70.1 cm³/mol. The molecule has 0 bridgehead atoms. The molecule has 1 saturated carbocycles. The Bertz CT molecular complexity index is 298. The molecule has 0 heterocycles. The highest BCUT2D eigenvalue weighted by molar-refractivity contribution is 7.87. The molecule has 0 radical (unpaired) electrons. The predicted octanol–water partition coefficient (Wildman–Crippen LogP) is 0.741. The van der Waals surface area contributed by atoms with Crippen LogP contribution in [0.4, 0.5) is 0 Å². The van der Waals surface area contributed by atoms with Gasteiger partial charge in [0.25, 0.3) is 10.2 Å². The summed E-state index contributed by atoms with van der Waals surface area (Å²) in [6.07, 6.45) is 5.10. The first kappa shape index (κ1) is 14.9. The molecule has 0 aromatic carbocycles. The fourth-order valence-corrected chi connectivity index (χ4v) is 3.35. The molecule has 0 aromatic rings. The van der Waals surface area contributed by atoms with E-state index >= 15 is 0 Å². The van der Waals surface area contributed by atoms with Crippen LogP contribution >= 0.6 is 0 Å². The van der Waals surface area contributed by atoms with Crippen LogP contribution in [-0.2, 0) is 10.2 Å². The fourth-order valence-electron chi connectivity index (χ4n) is 2.21. The van der Waals surface area contributed by atoms with Crippen molar-refractivity contribution >= 4 is 10.2 Å². The average Bonchev–Trinajstić information content (AvgIpc) is 2.27. The third kappa shape index (κ3) is 5.81. The number of hydrogen-bond acceptors (Lipinski definition) is 3. The molecule has 1 aliphatic carbocycles. The summed E-state index contributed by atoms with van der Waals surface area (Å²) >= 11 is 0. The zero-order valence-corrected chi connectivity index (χ0v) is 11.6. The number of nitrogens with one attached hydrogen (secondary N) is 3. The molecule has 0 atom stereocenters. The molecule has 1 aliphatic rings. The highest BCUT2D eigenvalue weighted by Crippen LogP contribution is 2.19. The molecule has 17 heavy (non-hydrogen) atoms. The van der Waals surface area contributed by atoms with Crippen molar-refractivity contribution in [3.63, 3.8) is 0 Å². The van der Waals surface area contributed by atoms with E-state index in [0.29, 0.717) is 12.6 Å². The summed E-state index contributed by atoms with van der Waals surface area (Å²) in [5, 5.41) is 3.49. The maximum absolute atomic E-state index is 11.5. The molecule has 0 saturated heterocycles. The van der Waals surface area contributed by atoms with Gasteiger partial charge < -0.3 is 5.32 Å². The SMILES string of the molecule is CCCNC1CCC(NS(=O)(=O)NCC)CC1. The molecule has 1 rings (SSSR count). The van der Waals surface area contributed by atoms with Gasteiger partial charge in [-0.1, -0.05) is 13.8 Å². The van der Waals surface area contributed by atoms with E-state index in [4.69, 9.17) is 0 Å². The van der Waals surface area contributed by atoms with Crippen molar-refractivity contribution in [1.29, 1.82) is 0 Å². The summed E-state index contributed by atoms with van der Waals surface area (Å²) < 4.78 is 28.2. The number of rotatable bonds is 7. The Morgan fingerprint density at radius 1 is 1.06 bits per heavy atom. The Kier molecular flexibility index (Phi) is 6.40. The quantitative estimate of drug-likeness (QED) is 0.634. The molecule has 102 valence electrons. The lowest BCUT2D eigenvalue weighted by molar-refractivity contribution is 0.329. The van der Waals surface area contributed by atoms with Crippen LogP contribution in [-0.4, -0.2) is 33.6 Å². The molecule has 3 N–H and O–H groups in total. The Hall–Kier alpha value is -0.170. The van der Waals surface area contributed by atoms with Crippen molar-refractivity contribution in [2.45, 2.75) is 58.0 Å². The van der Waals surface area contributed by atoms with Crippen LogP contribution in [0.25, 0.3) is 0 Å². The van der Waals surface area contributed by atoms with E-state index < -0.39 is 10.2 Å². The molecule has 1 fully saturated rings. The van der Waals surface area contributed by atoms with Gasteiger partial charge in [-0.15, -0.1) is 0 Å². The minimum absolute atomic E-state index is 0.0960. The van der Waals surface area contributed by atoms with E-state index in [2.05, 4.69) is 21.7 Å². The lowest BCUT2D eigenvalue weighted by Gasteiger charge is -2.29. The van der Waals surface area contributed by atoms with Gasteiger partial charge in [0.2, 0.25) is 0 Å². The molecule has 0 unspecified atom stereocenters. The van der Waals surface area contributed by atoms with Gasteiger partial charge in [-0.2, -0.15) is 13.1 Å². The first-order chi connectivity index (χ1) is 8.07. The zero-order valence-electron chi connectivity index (χ0n) is 10.8. The first-order valence-electron chi connectivity index (χ1n) is 6.57. The first-order valence-corrected chi connectivity index (χ1v) is 8.06. The van der Waals surface area contributed by atoms with Gasteiger partial charge in [-0.05, 0) is 38.6 Å². The second-order valence-corrected chi connectivity index (χ2v) is 6.15. The largest absolute Gasteiger partial charge is 0.314 e. The Labute approximate surface area is 105 Å². The summed E-state index contributed by atoms with van der Waals surface area (Å²) in [4.78, 5) is 0. The normalized spacial score (nSPS) is 26.0. The summed E-state index contributed by atoms with van der Waals surface area (Å²) in [6.45, 7) is 5.43. The topological polar surface area (TPSA) is 70.2 Å². The standard InChI is InChI=1S/C11H25N3O2S/c1-3-9-12-10-5-7-11(8-6-10)14-17(15,16)13-4-2/h10-14H,3-9H2,1-2H3. The van der Waals surface area contributed by atoms with Crippen LogP contribution in [0.2, 0.25) is 0 Å². The van der Waals surface area contributed by atoms with Crippen molar-refractivity contribution in [3.05, 3.63) is 0 Å². The van der Waals surface area contributed by atoms with Gasteiger partial charge >= 0.3 is 0 Å². The van der Waals surface area contributed by atoms with Crippen LogP contribution in [0.15, 0.2) is 0 Å². The van der Waals surface area contributed by atoms with E-state index in [0.717, 1.165) is 38.6 Å². The highest BCUT2D eigenvalue weighted by Gasteiger charge is 2.23. The van der Waals surface area contributed by atoms with E-state index in [1.807, 2.05) is 0 Å². The smallest absolute Gasteiger partial charge is 0.277 e. The second kappa shape index (κ2) is 7.31. The van der Waals surface area contributed by atoms with Gasteiger partial charge in [0, 0.05) is 18.6 Å². The molecule has 5 nitrogen and oxygen atoms in total. The molecule has 0 aromatic heterocycles. The zero-order chi connectivity index (χ0) is 12.7.